The Kier molecular flexibility index (Phi) is 5.78. The lowest BCUT2D eigenvalue weighted by molar-refractivity contribution is -0.140. The number of hydrogen-bond acceptors (Lipinski definition) is 4. The molecule has 0 bridgehead atoms. The number of hydrogen-bond donors (Lipinski definition) is 0. The Morgan fingerprint density at radius 1 is 1.00 bits per heavy atom. The number of nitrogens with zero attached hydrogens (tertiary/aromatic N) is 5. The average molecular weight is 424 g/mol. The molecule has 0 unspecified atom stereocenters. The van der Waals surface area contributed by atoms with Gasteiger partial charge in [-0.05, 0) is 29.8 Å². The minimum absolute atomic E-state index is 0.108. The smallest absolute Gasteiger partial charge is 0.244 e. The molecule has 4 aromatic rings. The van der Waals surface area contributed by atoms with Crippen LogP contribution in [0.3, 0.4) is 0 Å². The maximum absolute atomic E-state index is 13.4. The SMILES string of the molecule is CC.Fc1ccc(-n2ncc3c(-c4cncnc4C(F)(F)F)ccnc32)cc1Cl. The van der Waals surface area contributed by atoms with Crippen molar-refractivity contribution in [3.05, 3.63) is 65.7 Å². The monoisotopic (exact) mass is 423 g/mol. The van der Waals surface area contributed by atoms with Crippen LogP contribution in [0.4, 0.5) is 17.6 Å². The largest absolute Gasteiger partial charge is 0.434 e. The summed E-state index contributed by atoms with van der Waals surface area (Å²) in [7, 11) is 0. The van der Waals surface area contributed by atoms with E-state index in [1.165, 1.54) is 41.3 Å². The van der Waals surface area contributed by atoms with Gasteiger partial charge < -0.3 is 0 Å². The van der Waals surface area contributed by atoms with Crippen molar-refractivity contribution in [2.24, 2.45) is 0 Å². The van der Waals surface area contributed by atoms with Crippen LogP contribution in [0.1, 0.15) is 19.5 Å². The standard InChI is InChI=1S/C17H8ClF4N5.C2H6/c18-13-5-9(1-2-14(13)19)27-16-12(7-26-27)10(3-4-24-16)11-6-23-8-25-15(11)17(20,21)22;1-2/h1-8H;1-2H3. The van der Waals surface area contributed by atoms with Crippen molar-refractivity contribution >= 4 is 22.6 Å². The Balaban J connectivity index is 0.00000117. The summed E-state index contributed by atoms with van der Waals surface area (Å²) in [4.78, 5) is 11.3. The van der Waals surface area contributed by atoms with Crippen molar-refractivity contribution in [3.63, 3.8) is 0 Å². The van der Waals surface area contributed by atoms with Crippen LogP contribution in [0.5, 0.6) is 0 Å². The maximum atomic E-state index is 13.4. The van der Waals surface area contributed by atoms with Gasteiger partial charge in [0.15, 0.2) is 11.3 Å². The molecule has 0 radical (unpaired) electrons. The summed E-state index contributed by atoms with van der Waals surface area (Å²) in [6.45, 7) is 4.00. The molecule has 0 fully saturated rings. The molecule has 150 valence electrons. The van der Waals surface area contributed by atoms with Gasteiger partial charge in [0, 0.05) is 23.3 Å². The zero-order valence-corrected chi connectivity index (χ0v) is 16.0. The van der Waals surface area contributed by atoms with Crippen LogP contribution in [0.25, 0.3) is 27.8 Å². The van der Waals surface area contributed by atoms with E-state index in [-0.39, 0.29) is 21.8 Å². The van der Waals surface area contributed by atoms with Crippen LogP contribution in [0.15, 0.2) is 49.2 Å². The molecule has 0 aliphatic heterocycles. The Labute approximate surface area is 168 Å². The van der Waals surface area contributed by atoms with Gasteiger partial charge in [-0.15, -0.1) is 0 Å². The molecule has 29 heavy (non-hydrogen) atoms. The number of rotatable bonds is 2. The summed E-state index contributed by atoms with van der Waals surface area (Å²) in [5.41, 5.74) is -0.308. The molecular weight excluding hydrogens is 410 g/mol. The quantitative estimate of drug-likeness (QED) is 0.387. The molecule has 0 saturated heterocycles. The second kappa shape index (κ2) is 8.12. The van der Waals surface area contributed by atoms with Crippen molar-refractivity contribution in [1.82, 2.24) is 24.7 Å². The number of aromatic nitrogens is 5. The molecule has 0 saturated carbocycles. The van der Waals surface area contributed by atoms with Crippen molar-refractivity contribution in [1.29, 1.82) is 0 Å². The summed E-state index contributed by atoms with van der Waals surface area (Å²) in [6.07, 6.45) is 0.0237. The normalized spacial score (nSPS) is 11.3. The van der Waals surface area contributed by atoms with Crippen LogP contribution in [-0.2, 0) is 6.18 Å². The van der Waals surface area contributed by atoms with Gasteiger partial charge >= 0.3 is 6.18 Å². The zero-order chi connectivity index (χ0) is 21.2. The van der Waals surface area contributed by atoms with E-state index < -0.39 is 17.7 Å². The first kappa shape index (κ1) is 20.7. The third-order valence-corrected chi connectivity index (χ3v) is 4.18. The Bertz CT molecular complexity index is 1160. The summed E-state index contributed by atoms with van der Waals surface area (Å²) >= 11 is 5.80. The number of fused-ring (bicyclic) bond motifs is 1. The van der Waals surface area contributed by atoms with Gasteiger partial charge in [0.05, 0.1) is 16.9 Å². The number of pyridine rings is 1. The van der Waals surface area contributed by atoms with Crippen LogP contribution in [0, 0.1) is 5.82 Å². The van der Waals surface area contributed by atoms with E-state index in [1.54, 1.807) is 0 Å². The van der Waals surface area contributed by atoms with Crippen LogP contribution in [-0.4, -0.2) is 24.7 Å². The van der Waals surface area contributed by atoms with Crippen molar-refractivity contribution in [3.8, 4) is 16.8 Å². The van der Waals surface area contributed by atoms with Crippen molar-refractivity contribution < 1.29 is 17.6 Å². The molecule has 0 amide bonds. The van der Waals surface area contributed by atoms with Gasteiger partial charge in [-0.2, -0.15) is 18.3 Å². The molecule has 5 nitrogen and oxygen atoms in total. The predicted octanol–water partition coefficient (Wildman–Crippen LogP) is 5.72. The summed E-state index contributed by atoms with van der Waals surface area (Å²) in [5, 5.41) is 4.42. The first-order valence-electron chi connectivity index (χ1n) is 8.52. The Hall–Kier alpha value is -3.07. The van der Waals surface area contributed by atoms with Gasteiger partial charge in [-0.3, -0.25) is 0 Å². The highest BCUT2D eigenvalue weighted by atomic mass is 35.5. The van der Waals surface area contributed by atoms with E-state index in [1.807, 2.05) is 13.8 Å². The van der Waals surface area contributed by atoms with E-state index in [4.69, 9.17) is 11.6 Å². The van der Waals surface area contributed by atoms with Gasteiger partial charge in [-0.25, -0.2) is 24.0 Å². The van der Waals surface area contributed by atoms with Crippen molar-refractivity contribution in [2.75, 3.05) is 0 Å². The van der Waals surface area contributed by atoms with E-state index in [9.17, 15) is 17.6 Å². The second-order valence-corrected chi connectivity index (χ2v) is 5.94. The number of halogens is 5. The zero-order valence-electron chi connectivity index (χ0n) is 15.2. The van der Waals surface area contributed by atoms with Crippen molar-refractivity contribution in [2.45, 2.75) is 20.0 Å². The number of alkyl halides is 3. The fourth-order valence-corrected chi connectivity index (χ4v) is 2.90. The van der Waals surface area contributed by atoms with Crippen LogP contribution in [0.2, 0.25) is 5.02 Å². The summed E-state index contributed by atoms with van der Waals surface area (Å²) in [6, 6.07) is 5.39. The molecule has 3 heterocycles. The lowest BCUT2D eigenvalue weighted by Crippen LogP contribution is -2.10. The fourth-order valence-electron chi connectivity index (χ4n) is 2.72. The molecule has 0 aliphatic carbocycles. The van der Waals surface area contributed by atoms with E-state index in [2.05, 4.69) is 20.1 Å². The highest BCUT2D eigenvalue weighted by Gasteiger charge is 2.36. The molecule has 1 aromatic carbocycles. The fraction of sp³-hybridized carbons (Fsp3) is 0.158. The summed E-state index contributed by atoms with van der Waals surface area (Å²) < 4.78 is 54.7. The van der Waals surface area contributed by atoms with Gasteiger partial charge in [0.25, 0.3) is 0 Å². The number of benzene rings is 1. The topological polar surface area (TPSA) is 56.5 Å². The molecule has 0 aliphatic rings. The molecule has 10 heteroatoms. The lowest BCUT2D eigenvalue weighted by atomic mass is 10.0. The average Bonchev–Trinajstić information content (AvgIpc) is 3.15. The first-order chi connectivity index (χ1) is 13.9. The van der Waals surface area contributed by atoms with Crippen LogP contribution >= 0.6 is 11.6 Å². The first-order valence-corrected chi connectivity index (χ1v) is 8.90. The maximum Gasteiger partial charge on any atom is 0.434 e. The Morgan fingerprint density at radius 2 is 1.76 bits per heavy atom. The van der Waals surface area contributed by atoms with Gasteiger partial charge in [-0.1, -0.05) is 25.4 Å². The predicted molar refractivity (Wildman–Crippen MR) is 101 cm³/mol. The molecule has 0 N–H and O–H groups in total. The molecule has 0 spiro atoms. The van der Waals surface area contributed by atoms with Gasteiger partial charge in [0.1, 0.15) is 12.1 Å². The minimum Gasteiger partial charge on any atom is -0.244 e. The molecule has 4 rings (SSSR count). The lowest BCUT2D eigenvalue weighted by Gasteiger charge is -2.11. The minimum atomic E-state index is -4.64. The highest BCUT2D eigenvalue weighted by Crippen LogP contribution is 2.37. The third kappa shape index (κ3) is 3.91. The van der Waals surface area contributed by atoms with E-state index in [0.717, 1.165) is 12.5 Å². The third-order valence-electron chi connectivity index (χ3n) is 3.89. The summed E-state index contributed by atoms with van der Waals surface area (Å²) in [5.74, 6) is -0.596. The molecular formula is C19H14ClF4N5. The Morgan fingerprint density at radius 3 is 2.45 bits per heavy atom. The highest BCUT2D eigenvalue weighted by molar-refractivity contribution is 6.30. The van der Waals surface area contributed by atoms with Gasteiger partial charge in [0.2, 0.25) is 0 Å². The van der Waals surface area contributed by atoms with Crippen LogP contribution < -0.4 is 0 Å². The molecule has 0 atom stereocenters. The second-order valence-electron chi connectivity index (χ2n) is 5.53. The van der Waals surface area contributed by atoms with E-state index in [0.29, 0.717) is 11.1 Å². The van der Waals surface area contributed by atoms with E-state index >= 15 is 0 Å². The molecule has 3 aromatic heterocycles.